The summed E-state index contributed by atoms with van der Waals surface area (Å²) < 4.78 is 0. The van der Waals surface area contributed by atoms with Crippen LogP contribution in [0.4, 0.5) is 0 Å². The Morgan fingerprint density at radius 3 is 2.96 bits per heavy atom. The first-order chi connectivity index (χ1) is 12.2. The Morgan fingerprint density at radius 1 is 1.36 bits per heavy atom. The van der Waals surface area contributed by atoms with Gasteiger partial charge in [-0.1, -0.05) is 43.5 Å². The highest BCUT2D eigenvalue weighted by Crippen LogP contribution is 2.47. The van der Waals surface area contributed by atoms with Crippen LogP contribution in [0.15, 0.2) is 17.3 Å². The van der Waals surface area contributed by atoms with E-state index in [1.165, 1.54) is 0 Å². The van der Waals surface area contributed by atoms with Crippen molar-refractivity contribution in [1.29, 1.82) is 5.26 Å². The van der Waals surface area contributed by atoms with Crippen LogP contribution in [-0.4, -0.2) is 34.7 Å². The molecule has 0 saturated heterocycles. The molecule has 140 valence electrons. The summed E-state index contributed by atoms with van der Waals surface area (Å²) in [5, 5.41) is 33.1. The fraction of sp³-hybridized carbons (Fsp3) is 0.800. The highest BCUT2D eigenvalue weighted by atomic mass is 16.6. The molecule has 25 heavy (non-hydrogen) atoms. The third-order valence-electron chi connectivity index (χ3n) is 5.43. The van der Waals surface area contributed by atoms with Gasteiger partial charge < -0.3 is 15.1 Å². The van der Waals surface area contributed by atoms with Gasteiger partial charge in [0.2, 0.25) is 0 Å². The third-order valence-corrected chi connectivity index (χ3v) is 5.43. The van der Waals surface area contributed by atoms with Gasteiger partial charge in [-0.05, 0) is 43.9 Å². The van der Waals surface area contributed by atoms with Crippen molar-refractivity contribution < 1.29 is 15.1 Å². The molecular weight excluding hydrogens is 316 g/mol. The van der Waals surface area contributed by atoms with Crippen molar-refractivity contribution in [3.8, 4) is 6.07 Å². The summed E-state index contributed by atoms with van der Waals surface area (Å²) >= 11 is 0. The van der Waals surface area contributed by atoms with Gasteiger partial charge in [0, 0.05) is 12.3 Å². The standard InChI is InChI=1S/C20H32N2O3/c1-2-3-4-7-17(23)8-9-18-19-14-16(12-15(19)13-20(18)24)22-25-11-6-5-10-21/h8-9,15,17-20,23-24H,2-7,11-14H2,1H3/b9-8?,22-16+/t15-,17?,18+,19+,20+/m0/s1. The minimum Gasteiger partial charge on any atom is -0.396 e. The number of aliphatic hydroxyl groups is 2. The second-order valence-electron chi connectivity index (χ2n) is 7.41. The lowest BCUT2D eigenvalue weighted by Crippen LogP contribution is -2.18. The van der Waals surface area contributed by atoms with Crippen LogP contribution >= 0.6 is 0 Å². The van der Waals surface area contributed by atoms with E-state index in [9.17, 15) is 10.2 Å². The molecule has 2 fully saturated rings. The Bertz CT molecular complexity index is 498. The average Bonchev–Trinajstić information content (AvgIpc) is 3.09. The molecular formula is C20H32N2O3. The summed E-state index contributed by atoms with van der Waals surface area (Å²) in [6.07, 6.45) is 11.1. The first kappa shape index (κ1) is 19.9. The van der Waals surface area contributed by atoms with Gasteiger partial charge in [-0.15, -0.1) is 0 Å². The maximum Gasteiger partial charge on any atom is 0.118 e. The highest BCUT2D eigenvalue weighted by molar-refractivity contribution is 5.86. The lowest BCUT2D eigenvalue weighted by Gasteiger charge is -2.17. The largest absolute Gasteiger partial charge is 0.396 e. The number of rotatable bonds is 10. The molecule has 5 nitrogen and oxygen atoms in total. The van der Waals surface area contributed by atoms with Crippen LogP contribution < -0.4 is 0 Å². The normalized spacial score (nSPS) is 31.4. The summed E-state index contributed by atoms with van der Waals surface area (Å²) in [5.41, 5.74) is 1.07. The van der Waals surface area contributed by atoms with Gasteiger partial charge in [-0.25, -0.2) is 0 Å². The topological polar surface area (TPSA) is 85.8 Å². The van der Waals surface area contributed by atoms with Crippen molar-refractivity contribution in [2.24, 2.45) is 22.9 Å². The first-order valence-electron chi connectivity index (χ1n) is 9.74. The molecule has 0 radical (unpaired) electrons. The Kier molecular flexibility index (Phi) is 8.43. The summed E-state index contributed by atoms with van der Waals surface area (Å²) in [5.74, 6) is 0.969. The summed E-state index contributed by atoms with van der Waals surface area (Å²) in [4.78, 5) is 5.32. The summed E-state index contributed by atoms with van der Waals surface area (Å²) in [7, 11) is 0. The van der Waals surface area contributed by atoms with Gasteiger partial charge in [0.15, 0.2) is 0 Å². The fourth-order valence-corrected chi connectivity index (χ4v) is 4.09. The van der Waals surface area contributed by atoms with Crippen LogP contribution in [0.1, 0.15) is 64.7 Å². The zero-order valence-electron chi connectivity index (χ0n) is 15.3. The minimum atomic E-state index is -0.407. The van der Waals surface area contributed by atoms with Crippen molar-refractivity contribution in [3.63, 3.8) is 0 Å². The molecule has 5 heteroatoms. The van der Waals surface area contributed by atoms with E-state index in [0.717, 1.165) is 50.7 Å². The van der Waals surface area contributed by atoms with Crippen LogP contribution in [0.3, 0.4) is 0 Å². The molecule has 0 aliphatic heterocycles. The number of fused-ring (bicyclic) bond motifs is 1. The molecule has 5 atom stereocenters. The van der Waals surface area contributed by atoms with E-state index < -0.39 is 6.10 Å². The number of hydrogen-bond donors (Lipinski definition) is 2. The molecule has 2 aliphatic carbocycles. The number of unbranched alkanes of at least 4 members (excludes halogenated alkanes) is 3. The van der Waals surface area contributed by atoms with Crippen LogP contribution in [-0.2, 0) is 4.84 Å². The monoisotopic (exact) mass is 348 g/mol. The molecule has 0 amide bonds. The van der Waals surface area contributed by atoms with Gasteiger partial charge >= 0.3 is 0 Å². The average molecular weight is 348 g/mol. The zero-order valence-corrected chi connectivity index (χ0v) is 15.3. The van der Waals surface area contributed by atoms with Crippen molar-refractivity contribution in [3.05, 3.63) is 12.2 Å². The highest BCUT2D eigenvalue weighted by Gasteiger charge is 2.46. The molecule has 2 N–H and O–H groups in total. The van der Waals surface area contributed by atoms with Crippen LogP contribution in [0.2, 0.25) is 0 Å². The molecule has 1 unspecified atom stereocenters. The van der Waals surface area contributed by atoms with E-state index in [4.69, 9.17) is 10.1 Å². The zero-order chi connectivity index (χ0) is 18.1. The number of oxime groups is 1. The second-order valence-corrected chi connectivity index (χ2v) is 7.41. The van der Waals surface area contributed by atoms with Crippen LogP contribution in [0, 0.1) is 29.1 Å². The number of nitrogens with zero attached hydrogens (tertiary/aromatic N) is 2. The smallest absolute Gasteiger partial charge is 0.118 e. The van der Waals surface area contributed by atoms with E-state index in [0.29, 0.717) is 31.3 Å². The van der Waals surface area contributed by atoms with E-state index in [2.05, 4.69) is 18.1 Å². The number of nitriles is 1. The summed E-state index contributed by atoms with van der Waals surface area (Å²) in [6, 6.07) is 2.09. The second kappa shape index (κ2) is 10.6. The van der Waals surface area contributed by atoms with Gasteiger partial charge in [-0.2, -0.15) is 5.26 Å². The predicted molar refractivity (Wildman–Crippen MR) is 97.9 cm³/mol. The molecule has 0 heterocycles. The molecule has 0 aromatic carbocycles. The Hall–Kier alpha value is -1.38. The molecule has 0 aromatic heterocycles. The number of hydrogen-bond acceptors (Lipinski definition) is 5. The lowest BCUT2D eigenvalue weighted by atomic mass is 9.90. The van der Waals surface area contributed by atoms with Gasteiger partial charge in [0.1, 0.15) is 6.61 Å². The van der Waals surface area contributed by atoms with Gasteiger partial charge in [0.25, 0.3) is 0 Å². The Labute approximate surface area is 151 Å². The van der Waals surface area contributed by atoms with Crippen molar-refractivity contribution in [2.75, 3.05) is 6.61 Å². The van der Waals surface area contributed by atoms with E-state index in [-0.39, 0.29) is 12.0 Å². The molecule has 2 aliphatic rings. The SMILES string of the molecule is CCCCCC(O)C=C[C@@H]1[C@@H]2C/C(=N/OCCCC#N)C[C@H]2C[C@H]1O. The quantitative estimate of drug-likeness (QED) is 0.359. The maximum absolute atomic E-state index is 10.3. The maximum atomic E-state index is 10.3. The molecule has 0 aromatic rings. The predicted octanol–water partition coefficient (Wildman–Crippen LogP) is 3.57. The van der Waals surface area contributed by atoms with Gasteiger partial charge in [-0.3, -0.25) is 0 Å². The van der Waals surface area contributed by atoms with Crippen molar-refractivity contribution in [1.82, 2.24) is 0 Å². The Balaban J connectivity index is 1.81. The molecule has 2 saturated carbocycles. The fourth-order valence-electron chi connectivity index (χ4n) is 4.09. The minimum absolute atomic E-state index is 0.108. The van der Waals surface area contributed by atoms with E-state index >= 15 is 0 Å². The van der Waals surface area contributed by atoms with Crippen LogP contribution in [0.25, 0.3) is 0 Å². The lowest BCUT2D eigenvalue weighted by molar-refractivity contribution is 0.135. The third kappa shape index (κ3) is 6.13. The molecule has 0 bridgehead atoms. The number of aliphatic hydroxyl groups excluding tert-OH is 2. The van der Waals surface area contributed by atoms with Gasteiger partial charge in [0.05, 0.1) is 24.0 Å². The van der Waals surface area contributed by atoms with Crippen LogP contribution in [0.5, 0.6) is 0 Å². The molecule has 2 rings (SSSR count). The van der Waals surface area contributed by atoms with E-state index in [1.54, 1.807) is 0 Å². The first-order valence-corrected chi connectivity index (χ1v) is 9.74. The Morgan fingerprint density at radius 2 is 2.20 bits per heavy atom. The summed E-state index contributed by atoms with van der Waals surface area (Å²) in [6.45, 7) is 2.64. The van der Waals surface area contributed by atoms with E-state index in [1.807, 2.05) is 12.2 Å². The van der Waals surface area contributed by atoms with Crippen molar-refractivity contribution in [2.45, 2.75) is 76.9 Å². The van der Waals surface area contributed by atoms with Crippen molar-refractivity contribution >= 4 is 5.71 Å². The molecule has 0 spiro atoms.